The van der Waals surface area contributed by atoms with E-state index >= 15 is 0 Å². The molecule has 0 fully saturated rings. The Morgan fingerprint density at radius 3 is 2.75 bits per heavy atom. The molecule has 0 unspecified atom stereocenters. The summed E-state index contributed by atoms with van der Waals surface area (Å²) in [4.78, 5) is 24.7. The molecule has 2 aliphatic rings. The van der Waals surface area contributed by atoms with E-state index < -0.39 is 5.41 Å². The highest BCUT2D eigenvalue weighted by molar-refractivity contribution is 5.99. The number of nitrogens with zero attached hydrogens (tertiary/aromatic N) is 2. The maximum Gasteiger partial charge on any atom is 0.293 e. The molecular weight excluding hydrogens is 256 g/mol. The van der Waals surface area contributed by atoms with Gasteiger partial charge in [-0.25, -0.2) is 0 Å². The van der Waals surface area contributed by atoms with Crippen LogP contribution in [0.25, 0.3) is 6.08 Å². The summed E-state index contributed by atoms with van der Waals surface area (Å²) in [6, 6.07) is 4.80. The van der Waals surface area contributed by atoms with Gasteiger partial charge < -0.3 is 4.90 Å². The number of fused-ring (bicyclic) bond motifs is 3. The minimum atomic E-state index is -0.605. The van der Waals surface area contributed by atoms with Gasteiger partial charge in [-0.2, -0.15) is 0 Å². The molecule has 0 bridgehead atoms. The first-order chi connectivity index (χ1) is 9.43. The molecule has 3 rings (SSSR count). The number of para-hydroxylation sites is 1. The number of carbonyl (C=O) groups is 1. The standard InChI is InChI=1S/C15H14N2O3/c1-15(2)12-7-6-10-4-3-5-11(17(19)20)14(10)16(12)9-8-13(15)18/h3-9,12H,1-2H3/t12-/m1/s1. The van der Waals surface area contributed by atoms with E-state index in [9.17, 15) is 14.9 Å². The summed E-state index contributed by atoms with van der Waals surface area (Å²) in [5, 5.41) is 11.2. The Kier molecular flexibility index (Phi) is 2.54. The smallest absolute Gasteiger partial charge is 0.293 e. The van der Waals surface area contributed by atoms with Crippen molar-refractivity contribution in [1.82, 2.24) is 0 Å². The molecule has 102 valence electrons. The van der Waals surface area contributed by atoms with Crippen LogP contribution in [0.2, 0.25) is 0 Å². The van der Waals surface area contributed by atoms with E-state index in [2.05, 4.69) is 0 Å². The van der Waals surface area contributed by atoms with Crippen molar-refractivity contribution in [1.29, 1.82) is 0 Å². The number of hydrogen-bond donors (Lipinski definition) is 0. The van der Waals surface area contributed by atoms with E-state index in [0.717, 1.165) is 5.56 Å². The van der Waals surface area contributed by atoms with Crippen LogP contribution in [-0.2, 0) is 4.79 Å². The van der Waals surface area contributed by atoms with Gasteiger partial charge in [0.15, 0.2) is 5.78 Å². The van der Waals surface area contributed by atoms with Crippen molar-refractivity contribution >= 4 is 23.2 Å². The Bertz CT molecular complexity index is 674. The van der Waals surface area contributed by atoms with Crippen LogP contribution in [-0.4, -0.2) is 16.7 Å². The zero-order chi connectivity index (χ0) is 14.5. The molecule has 0 N–H and O–H groups in total. The van der Waals surface area contributed by atoms with E-state index in [4.69, 9.17) is 0 Å². The predicted molar refractivity (Wildman–Crippen MR) is 76.3 cm³/mol. The van der Waals surface area contributed by atoms with Crippen molar-refractivity contribution in [2.45, 2.75) is 19.9 Å². The van der Waals surface area contributed by atoms with Crippen LogP contribution in [0.3, 0.4) is 0 Å². The number of allylic oxidation sites excluding steroid dienone is 1. The summed E-state index contributed by atoms with van der Waals surface area (Å²) >= 11 is 0. The summed E-state index contributed by atoms with van der Waals surface area (Å²) in [5.74, 6) is 0.0328. The van der Waals surface area contributed by atoms with E-state index in [-0.39, 0.29) is 22.4 Å². The second-order valence-electron chi connectivity index (χ2n) is 5.58. The Morgan fingerprint density at radius 1 is 1.30 bits per heavy atom. The third kappa shape index (κ3) is 1.59. The Labute approximate surface area is 116 Å². The molecule has 0 saturated carbocycles. The zero-order valence-electron chi connectivity index (χ0n) is 11.2. The molecule has 1 aromatic carbocycles. The number of hydrogen-bond acceptors (Lipinski definition) is 4. The van der Waals surface area contributed by atoms with Gasteiger partial charge in [0.05, 0.1) is 16.4 Å². The number of benzene rings is 1. The molecule has 0 radical (unpaired) electrons. The van der Waals surface area contributed by atoms with Gasteiger partial charge in [0, 0.05) is 17.8 Å². The summed E-state index contributed by atoms with van der Waals surface area (Å²) in [6.45, 7) is 3.72. The third-order valence-corrected chi connectivity index (χ3v) is 4.02. The third-order valence-electron chi connectivity index (χ3n) is 4.02. The normalized spacial score (nSPS) is 22.4. The lowest BCUT2D eigenvalue weighted by molar-refractivity contribution is -0.384. The second kappa shape index (κ2) is 4.03. The monoisotopic (exact) mass is 270 g/mol. The van der Waals surface area contributed by atoms with Gasteiger partial charge in [-0.05, 0) is 6.08 Å². The van der Waals surface area contributed by atoms with Crippen LogP contribution in [0.4, 0.5) is 11.4 Å². The average molecular weight is 270 g/mol. The average Bonchev–Trinajstić information content (AvgIpc) is 2.41. The van der Waals surface area contributed by atoms with Crippen LogP contribution in [0, 0.1) is 15.5 Å². The van der Waals surface area contributed by atoms with Crippen molar-refractivity contribution in [2.24, 2.45) is 5.41 Å². The summed E-state index contributed by atoms with van der Waals surface area (Å²) < 4.78 is 0. The Balaban J connectivity index is 2.23. The quantitative estimate of drug-likeness (QED) is 0.581. The number of anilines is 1. The molecule has 0 saturated heterocycles. The van der Waals surface area contributed by atoms with Gasteiger partial charge in [0.2, 0.25) is 0 Å². The highest BCUT2D eigenvalue weighted by atomic mass is 16.6. The number of nitro benzene ring substituents is 1. The topological polar surface area (TPSA) is 63.5 Å². The lowest BCUT2D eigenvalue weighted by Crippen LogP contribution is -2.49. The summed E-state index contributed by atoms with van der Waals surface area (Å²) in [5.41, 5.74) is 0.811. The van der Waals surface area contributed by atoms with Crippen LogP contribution in [0.5, 0.6) is 0 Å². The van der Waals surface area contributed by atoms with Gasteiger partial charge in [-0.15, -0.1) is 0 Å². The molecular formula is C15H14N2O3. The number of rotatable bonds is 1. The molecule has 1 aromatic rings. The molecule has 2 heterocycles. The van der Waals surface area contributed by atoms with Crippen molar-refractivity contribution < 1.29 is 9.72 Å². The van der Waals surface area contributed by atoms with Gasteiger partial charge >= 0.3 is 0 Å². The van der Waals surface area contributed by atoms with E-state index in [0.29, 0.717) is 5.69 Å². The number of carbonyl (C=O) groups excluding carboxylic acids is 1. The van der Waals surface area contributed by atoms with Gasteiger partial charge in [0.25, 0.3) is 5.69 Å². The van der Waals surface area contributed by atoms with Crippen molar-refractivity contribution in [3.05, 3.63) is 52.2 Å². The fraction of sp³-hybridized carbons (Fsp3) is 0.267. The zero-order valence-corrected chi connectivity index (χ0v) is 11.2. The maximum atomic E-state index is 12.0. The van der Waals surface area contributed by atoms with Crippen molar-refractivity contribution in [2.75, 3.05) is 4.90 Å². The lowest BCUT2D eigenvalue weighted by Gasteiger charge is -2.43. The van der Waals surface area contributed by atoms with Crippen LogP contribution < -0.4 is 4.90 Å². The molecule has 5 heteroatoms. The fourth-order valence-electron chi connectivity index (χ4n) is 2.80. The molecule has 1 atom stereocenters. The predicted octanol–water partition coefficient (Wildman–Crippen LogP) is 2.92. The SMILES string of the molecule is CC1(C)C(=O)C=CN2c3c(cccc3[N+](=O)[O-])C=C[C@@H]21. The first-order valence-corrected chi connectivity index (χ1v) is 6.39. The maximum absolute atomic E-state index is 12.0. The van der Waals surface area contributed by atoms with Crippen LogP contribution in [0.15, 0.2) is 36.6 Å². The number of nitro groups is 1. The summed E-state index contributed by atoms with van der Waals surface area (Å²) in [7, 11) is 0. The largest absolute Gasteiger partial charge is 0.334 e. The first-order valence-electron chi connectivity index (χ1n) is 6.39. The first kappa shape index (κ1) is 12.6. The van der Waals surface area contributed by atoms with E-state index in [1.165, 1.54) is 12.1 Å². The van der Waals surface area contributed by atoms with Crippen LogP contribution in [0.1, 0.15) is 19.4 Å². The van der Waals surface area contributed by atoms with Crippen molar-refractivity contribution in [3.63, 3.8) is 0 Å². The van der Waals surface area contributed by atoms with Gasteiger partial charge in [-0.1, -0.05) is 38.1 Å². The molecule has 0 aromatic heterocycles. The highest BCUT2D eigenvalue weighted by Crippen LogP contribution is 2.44. The summed E-state index contributed by atoms with van der Waals surface area (Å²) in [6.07, 6.45) is 6.94. The van der Waals surface area contributed by atoms with Crippen LogP contribution >= 0.6 is 0 Å². The van der Waals surface area contributed by atoms with Crippen molar-refractivity contribution in [3.8, 4) is 0 Å². The molecule has 20 heavy (non-hydrogen) atoms. The van der Waals surface area contributed by atoms with E-state index in [1.807, 2.05) is 37.0 Å². The minimum Gasteiger partial charge on any atom is -0.334 e. The molecule has 0 amide bonds. The fourth-order valence-corrected chi connectivity index (χ4v) is 2.80. The Morgan fingerprint density at radius 2 is 2.05 bits per heavy atom. The van der Waals surface area contributed by atoms with Gasteiger partial charge in [-0.3, -0.25) is 14.9 Å². The molecule has 0 spiro atoms. The van der Waals surface area contributed by atoms with Gasteiger partial charge in [0.1, 0.15) is 5.69 Å². The van der Waals surface area contributed by atoms with E-state index in [1.54, 1.807) is 12.3 Å². The highest BCUT2D eigenvalue weighted by Gasteiger charge is 2.43. The number of ketones is 1. The molecule has 0 aliphatic carbocycles. The molecule has 5 nitrogen and oxygen atoms in total. The second-order valence-corrected chi connectivity index (χ2v) is 5.58. The molecule has 2 aliphatic heterocycles. The minimum absolute atomic E-state index is 0.0328. The lowest BCUT2D eigenvalue weighted by atomic mass is 9.75. The Hall–Kier alpha value is -2.43.